The quantitative estimate of drug-likeness (QED) is 0.291. The van der Waals surface area contributed by atoms with Crippen LogP contribution in [0.5, 0.6) is 0 Å². The highest BCUT2D eigenvalue weighted by atomic mass is 16.5. The maximum absolute atomic E-state index is 12.4. The van der Waals surface area contributed by atoms with Gasteiger partial charge < -0.3 is 15.0 Å². The normalized spacial score (nSPS) is 16.0. The van der Waals surface area contributed by atoms with Gasteiger partial charge in [0.25, 0.3) is 5.91 Å². The SMILES string of the molecule is COCCN1CCC[C@@H]1Cc1c[nH]c2ccc(-n3cnc4cc(CNC(=O)c5ccccc5)ccc43)cc12. The van der Waals surface area contributed by atoms with Gasteiger partial charge in [-0.15, -0.1) is 0 Å². The van der Waals surface area contributed by atoms with E-state index in [0.29, 0.717) is 18.2 Å². The molecular formula is C31H33N5O2. The van der Waals surface area contributed by atoms with Crippen LogP contribution < -0.4 is 5.32 Å². The molecule has 0 bridgehead atoms. The van der Waals surface area contributed by atoms with Gasteiger partial charge >= 0.3 is 0 Å². The number of carbonyl (C=O) groups excluding carboxylic acids is 1. The Morgan fingerprint density at radius 2 is 2.03 bits per heavy atom. The number of nitrogens with one attached hydrogen (secondary N) is 2. The highest BCUT2D eigenvalue weighted by Crippen LogP contribution is 2.28. The van der Waals surface area contributed by atoms with Gasteiger partial charge in [0, 0.05) is 54.6 Å². The molecule has 1 amide bonds. The summed E-state index contributed by atoms with van der Waals surface area (Å²) in [5.41, 5.74) is 7.24. The van der Waals surface area contributed by atoms with Crippen LogP contribution in [-0.4, -0.2) is 58.2 Å². The number of imidazole rings is 1. The molecule has 194 valence electrons. The third kappa shape index (κ3) is 4.95. The number of rotatable bonds is 9. The lowest BCUT2D eigenvalue weighted by molar-refractivity contribution is 0.0951. The molecule has 5 aromatic rings. The van der Waals surface area contributed by atoms with Crippen LogP contribution in [0.2, 0.25) is 0 Å². The zero-order valence-electron chi connectivity index (χ0n) is 21.7. The van der Waals surface area contributed by atoms with Gasteiger partial charge in [-0.3, -0.25) is 14.3 Å². The van der Waals surface area contributed by atoms with E-state index in [4.69, 9.17) is 4.74 Å². The Labute approximate surface area is 222 Å². The summed E-state index contributed by atoms with van der Waals surface area (Å²) in [6, 6.07) is 22.6. The first-order valence-corrected chi connectivity index (χ1v) is 13.3. The van der Waals surface area contributed by atoms with Crippen LogP contribution in [0.3, 0.4) is 0 Å². The van der Waals surface area contributed by atoms with E-state index >= 15 is 0 Å². The third-order valence-electron chi connectivity index (χ3n) is 7.67. The third-order valence-corrected chi connectivity index (χ3v) is 7.67. The molecule has 7 nitrogen and oxygen atoms in total. The lowest BCUT2D eigenvalue weighted by Gasteiger charge is -2.23. The minimum Gasteiger partial charge on any atom is -0.383 e. The van der Waals surface area contributed by atoms with Crippen LogP contribution in [-0.2, 0) is 17.7 Å². The Bertz CT molecular complexity index is 1550. The lowest BCUT2D eigenvalue weighted by atomic mass is 10.0. The summed E-state index contributed by atoms with van der Waals surface area (Å²) >= 11 is 0. The molecule has 0 radical (unpaired) electrons. The Morgan fingerprint density at radius 3 is 2.89 bits per heavy atom. The first-order valence-electron chi connectivity index (χ1n) is 13.3. The number of benzene rings is 3. The zero-order valence-corrected chi connectivity index (χ0v) is 21.7. The molecule has 3 aromatic carbocycles. The van der Waals surface area contributed by atoms with Crippen molar-refractivity contribution in [3.63, 3.8) is 0 Å². The summed E-state index contributed by atoms with van der Waals surface area (Å²) in [7, 11) is 1.77. The van der Waals surface area contributed by atoms with E-state index < -0.39 is 0 Å². The van der Waals surface area contributed by atoms with Crippen LogP contribution in [0.25, 0.3) is 27.6 Å². The number of carbonyl (C=O) groups is 1. The molecular weight excluding hydrogens is 474 g/mol. The lowest BCUT2D eigenvalue weighted by Crippen LogP contribution is -2.33. The summed E-state index contributed by atoms with van der Waals surface area (Å²) in [6.45, 7) is 3.38. The van der Waals surface area contributed by atoms with Crippen molar-refractivity contribution in [2.24, 2.45) is 0 Å². The molecule has 1 saturated heterocycles. The Kier molecular flexibility index (Phi) is 6.94. The molecule has 0 saturated carbocycles. The number of likely N-dealkylation sites (tertiary alicyclic amines) is 1. The van der Waals surface area contributed by atoms with Crippen molar-refractivity contribution in [1.82, 2.24) is 24.8 Å². The first kappa shape index (κ1) is 24.4. The molecule has 7 heteroatoms. The molecule has 1 aliphatic heterocycles. The summed E-state index contributed by atoms with van der Waals surface area (Å²) in [5.74, 6) is -0.0775. The number of aromatic nitrogens is 3. The number of nitrogens with zero attached hydrogens (tertiary/aromatic N) is 3. The van der Waals surface area contributed by atoms with Crippen molar-refractivity contribution in [3.05, 3.63) is 95.9 Å². The molecule has 2 N–H and O–H groups in total. The second-order valence-corrected chi connectivity index (χ2v) is 10.1. The molecule has 1 aliphatic rings. The predicted molar refractivity (Wildman–Crippen MR) is 151 cm³/mol. The van der Waals surface area contributed by atoms with E-state index in [0.717, 1.165) is 53.9 Å². The minimum atomic E-state index is -0.0775. The summed E-state index contributed by atoms with van der Waals surface area (Å²) in [6.07, 6.45) is 7.57. The second-order valence-electron chi connectivity index (χ2n) is 10.1. The fraction of sp³-hybridized carbons (Fsp3) is 0.290. The van der Waals surface area contributed by atoms with Crippen LogP contribution in [0.1, 0.15) is 34.3 Å². The molecule has 2 aromatic heterocycles. The molecule has 3 heterocycles. The maximum atomic E-state index is 12.4. The van der Waals surface area contributed by atoms with E-state index in [1.165, 1.54) is 23.8 Å². The number of hydrogen-bond donors (Lipinski definition) is 2. The summed E-state index contributed by atoms with van der Waals surface area (Å²) in [5, 5.41) is 4.27. The molecule has 1 atom stereocenters. The molecule has 6 rings (SSSR count). The van der Waals surface area contributed by atoms with E-state index in [9.17, 15) is 4.79 Å². The van der Waals surface area contributed by atoms with Gasteiger partial charge in [0.1, 0.15) is 6.33 Å². The summed E-state index contributed by atoms with van der Waals surface area (Å²) in [4.78, 5) is 23.1. The summed E-state index contributed by atoms with van der Waals surface area (Å²) < 4.78 is 7.46. The largest absolute Gasteiger partial charge is 0.383 e. The zero-order chi connectivity index (χ0) is 25.9. The number of methoxy groups -OCH3 is 1. The van der Waals surface area contributed by atoms with Crippen molar-refractivity contribution in [2.75, 3.05) is 26.8 Å². The second kappa shape index (κ2) is 10.8. The van der Waals surface area contributed by atoms with Gasteiger partial charge in [0.15, 0.2) is 0 Å². The van der Waals surface area contributed by atoms with Crippen LogP contribution >= 0.6 is 0 Å². The molecule has 0 unspecified atom stereocenters. The predicted octanol–water partition coefficient (Wildman–Crippen LogP) is 5.09. The number of hydrogen-bond acceptors (Lipinski definition) is 4. The van der Waals surface area contributed by atoms with Crippen molar-refractivity contribution in [2.45, 2.75) is 31.8 Å². The van der Waals surface area contributed by atoms with E-state index in [1.807, 2.05) is 42.7 Å². The van der Waals surface area contributed by atoms with Gasteiger partial charge in [0.05, 0.1) is 17.6 Å². The van der Waals surface area contributed by atoms with Gasteiger partial charge in [-0.2, -0.15) is 0 Å². The van der Waals surface area contributed by atoms with Crippen LogP contribution in [0.15, 0.2) is 79.3 Å². The molecule has 38 heavy (non-hydrogen) atoms. The fourth-order valence-electron chi connectivity index (χ4n) is 5.62. The average Bonchev–Trinajstić information content (AvgIpc) is 3.69. The van der Waals surface area contributed by atoms with Crippen LogP contribution in [0.4, 0.5) is 0 Å². The number of amides is 1. The first-order chi connectivity index (χ1) is 18.7. The molecule has 0 aliphatic carbocycles. The number of aromatic amines is 1. The van der Waals surface area contributed by atoms with Crippen molar-refractivity contribution in [1.29, 1.82) is 0 Å². The van der Waals surface area contributed by atoms with E-state index in [2.05, 4.69) is 61.3 Å². The van der Waals surface area contributed by atoms with Crippen LogP contribution in [0, 0.1) is 0 Å². The maximum Gasteiger partial charge on any atom is 0.251 e. The molecule has 1 fully saturated rings. The van der Waals surface area contributed by atoms with Gasteiger partial charge in [-0.1, -0.05) is 24.3 Å². The van der Waals surface area contributed by atoms with Gasteiger partial charge in [0.2, 0.25) is 0 Å². The number of ether oxygens (including phenoxy) is 1. The fourth-order valence-corrected chi connectivity index (χ4v) is 5.62. The molecule has 0 spiro atoms. The van der Waals surface area contributed by atoms with Gasteiger partial charge in [-0.25, -0.2) is 4.98 Å². The van der Waals surface area contributed by atoms with E-state index in [1.54, 1.807) is 7.11 Å². The highest BCUT2D eigenvalue weighted by Gasteiger charge is 2.25. The highest BCUT2D eigenvalue weighted by molar-refractivity contribution is 5.94. The Hall–Kier alpha value is -3.94. The minimum absolute atomic E-state index is 0.0775. The van der Waals surface area contributed by atoms with Gasteiger partial charge in [-0.05, 0) is 79.4 Å². The van der Waals surface area contributed by atoms with Crippen molar-refractivity contribution in [3.8, 4) is 5.69 Å². The number of H-pyrrole nitrogens is 1. The van der Waals surface area contributed by atoms with E-state index in [-0.39, 0.29) is 5.91 Å². The Balaban J connectivity index is 1.21. The average molecular weight is 508 g/mol. The number of fused-ring (bicyclic) bond motifs is 2. The monoisotopic (exact) mass is 507 g/mol. The Morgan fingerprint density at radius 1 is 1.13 bits per heavy atom. The standard InChI is InChI=1S/C31H33N5O2/c1-38-15-14-35-13-5-8-25(35)17-24-20-32-28-11-10-26(18-27(24)28)36-21-34-29-16-22(9-12-30(29)36)19-33-31(37)23-6-3-2-4-7-23/h2-4,6-7,9-12,16,18,20-21,25,32H,5,8,13-15,17,19H2,1H3,(H,33,37)/t25-/m1/s1. The topological polar surface area (TPSA) is 75.2 Å². The smallest absolute Gasteiger partial charge is 0.251 e. The van der Waals surface area contributed by atoms with Crippen molar-refractivity contribution >= 4 is 27.8 Å². The van der Waals surface area contributed by atoms with Crippen molar-refractivity contribution < 1.29 is 9.53 Å².